The van der Waals surface area contributed by atoms with Crippen LogP contribution in [-0.2, 0) is 0 Å². The molecule has 150 valence electrons. The van der Waals surface area contributed by atoms with Crippen LogP contribution >= 0.6 is 0 Å². The summed E-state index contributed by atoms with van der Waals surface area (Å²) in [4.78, 5) is 0. The molecule has 0 heterocycles. The highest BCUT2D eigenvalue weighted by atomic mass is 15.5. The molecule has 0 unspecified atom stereocenters. The molecule has 0 N–H and O–H groups in total. The van der Waals surface area contributed by atoms with Crippen LogP contribution in [0, 0.1) is 0 Å². The van der Waals surface area contributed by atoms with Crippen LogP contribution in [0.3, 0.4) is 0 Å². The molecule has 0 fully saturated rings. The third kappa shape index (κ3) is 5.46. The molecule has 0 aromatic heterocycles. The molecule has 4 rings (SSSR count). The zero-order chi connectivity index (χ0) is 21.1. The third-order valence-electron chi connectivity index (χ3n) is 4.81. The first-order valence-electron chi connectivity index (χ1n) is 10.3. The lowest BCUT2D eigenvalue weighted by Gasteiger charge is -2.18. The Morgan fingerprint density at radius 1 is 0.516 bits per heavy atom. The van der Waals surface area contributed by atoms with E-state index in [0.29, 0.717) is 0 Å². The summed E-state index contributed by atoms with van der Waals surface area (Å²) in [5.41, 5.74) is 5.58. The number of hydrogen-bond donors (Lipinski definition) is 0. The van der Waals surface area contributed by atoms with Gasteiger partial charge in [-0.25, -0.2) is 5.01 Å². The van der Waals surface area contributed by atoms with E-state index in [2.05, 4.69) is 78.9 Å². The lowest BCUT2D eigenvalue weighted by atomic mass is 9.97. The molecule has 0 amide bonds. The van der Waals surface area contributed by atoms with E-state index in [4.69, 9.17) is 5.10 Å². The smallest absolute Gasteiger partial charge is 0.0652 e. The van der Waals surface area contributed by atoms with E-state index in [1.807, 2.05) is 71.9 Å². The number of para-hydroxylation sites is 2. The van der Waals surface area contributed by atoms with Crippen LogP contribution in [0.25, 0.3) is 5.57 Å². The van der Waals surface area contributed by atoms with Crippen LogP contribution < -0.4 is 5.01 Å². The molecule has 4 aromatic carbocycles. The SMILES string of the molecule is C(=CC=C(c1ccccc1)c1ccccc1)C=NN(c1ccccc1)c1ccccc1. The lowest BCUT2D eigenvalue weighted by Crippen LogP contribution is -2.08. The highest BCUT2D eigenvalue weighted by Crippen LogP contribution is 2.25. The van der Waals surface area contributed by atoms with Gasteiger partial charge >= 0.3 is 0 Å². The van der Waals surface area contributed by atoms with Gasteiger partial charge in [-0.05, 0) is 47.0 Å². The topological polar surface area (TPSA) is 15.6 Å². The van der Waals surface area contributed by atoms with Crippen molar-refractivity contribution in [2.75, 3.05) is 5.01 Å². The van der Waals surface area contributed by atoms with Gasteiger partial charge in [0, 0.05) is 6.21 Å². The van der Waals surface area contributed by atoms with Gasteiger partial charge in [0.05, 0.1) is 11.4 Å². The van der Waals surface area contributed by atoms with E-state index >= 15 is 0 Å². The molecule has 0 radical (unpaired) electrons. The first-order chi connectivity index (χ1) is 15.4. The summed E-state index contributed by atoms with van der Waals surface area (Å²) < 4.78 is 0. The van der Waals surface area contributed by atoms with Crippen molar-refractivity contribution in [3.05, 3.63) is 151 Å². The fraction of sp³-hybridized carbons (Fsp3) is 0. The summed E-state index contributed by atoms with van der Waals surface area (Å²) in [6, 6.07) is 41.2. The van der Waals surface area contributed by atoms with Crippen LogP contribution in [0.5, 0.6) is 0 Å². The van der Waals surface area contributed by atoms with Gasteiger partial charge in [0.2, 0.25) is 0 Å². The minimum atomic E-state index is 1.02. The number of benzene rings is 4. The molecule has 0 bridgehead atoms. The lowest BCUT2D eigenvalue weighted by molar-refractivity contribution is 1.09. The summed E-state index contributed by atoms with van der Waals surface area (Å²) in [6.07, 6.45) is 7.95. The van der Waals surface area contributed by atoms with Gasteiger partial charge in [0.15, 0.2) is 0 Å². The van der Waals surface area contributed by atoms with Gasteiger partial charge in [-0.2, -0.15) is 5.10 Å². The first kappa shape index (κ1) is 20.1. The molecule has 0 atom stereocenters. The molecule has 0 saturated carbocycles. The quantitative estimate of drug-likeness (QED) is 0.178. The van der Waals surface area contributed by atoms with Gasteiger partial charge in [0.25, 0.3) is 0 Å². The molecular weight excluding hydrogens is 376 g/mol. The van der Waals surface area contributed by atoms with Crippen LogP contribution in [0.2, 0.25) is 0 Å². The standard InChI is InChI=1S/C29H24N2/c1-5-15-25(16-6-1)29(26-17-7-2-8-18-26)23-13-14-24-30-31(27-19-9-3-10-20-27)28-21-11-4-12-22-28/h1-24H. The third-order valence-corrected chi connectivity index (χ3v) is 4.81. The summed E-state index contributed by atoms with van der Waals surface area (Å²) in [5.74, 6) is 0. The summed E-state index contributed by atoms with van der Waals surface area (Å²) in [6.45, 7) is 0. The summed E-state index contributed by atoms with van der Waals surface area (Å²) in [5, 5.41) is 6.63. The van der Waals surface area contributed by atoms with Crippen molar-refractivity contribution in [1.29, 1.82) is 0 Å². The molecule has 0 aliphatic rings. The second-order valence-corrected chi connectivity index (χ2v) is 6.94. The minimum Gasteiger partial charge on any atom is -0.234 e. The van der Waals surface area contributed by atoms with Crippen LogP contribution in [0.15, 0.2) is 145 Å². The van der Waals surface area contributed by atoms with Crippen molar-refractivity contribution in [2.45, 2.75) is 0 Å². The van der Waals surface area contributed by atoms with Crippen LogP contribution in [0.1, 0.15) is 11.1 Å². The largest absolute Gasteiger partial charge is 0.234 e. The number of nitrogens with zero attached hydrogens (tertiary/aromatic N) is 2. The van der Waals surface area contributed by atoms with E-state index in [1.54, 1.807) is 0 Å². The molecule has 0 saturated heterocycles. The average Bonchev–Trinajstić information content (AvgIpc) is 2.86. The molecule has 4 aromatic rings. The van der Waals surface area contributed by atoms with Gasteiger partial charge in [-0.3, -0.25) is 0 Å². The zero-order valence-electron chi connectivity index (χ0n) is 17.3. The van der Waals surface area contributed by atoms with E-state index in [1.165, 1.54) is 16.7 Å². The average molecular weight is 401 g/mol. The molecule has 2 heteroatoms. The Morgan fingerprint density at radius 2 is 0.935 bits per heavy atom. The van der Waals surface area contributed by atoms with Gasteiger partial charge < -0.3 is 0 Å². The maximum atomic E-state index is 4.70. The molecule has 0 spiro atoms. The minimum absolute atomic E-state index is 1.02. The van der Waals surface area contributed by atoms with Crippen molar-refractivity contribution in [1.82, 2.24) is 0 Å². The maximum Gasteiger partial charge on any atom is 0.0652 e. The number of anilines is 2. The van der Waals surface area contributed by atoms with Crippen LogP contribution in [-0.4, -0.2) is 6.21 Å². The van der Waals surface area contributed by atoms with Crippen molar-refractivity contribution >= 4 is 23.2 Å². The van der Waals surface area contributed by atoms with Gasteiger partial charge in [-0.1, -0.05) is 109 Å². The molecule has 2 nitrogen and oxygen atoms in total. The Balaban J connectivity index is 1.59. The van der Waals surface area contributed by atoms with Crippen LogP contribution in [0.4, 0.5) is 11.4 Å². The number of hydrazone groups is 1. The monoisotopic (exact) mass is 400 g/mol. The van der Waals surface area contributed by atoms with E-state index < -0.39 is 0 Å². The fourth-order valence-corrected chi connectivity index (χ4v) is 3.32. The van der Waals surface area contributed by atoms with E-state index in [0.717, 1.165) is 11.4 Å². The Hall–Kier alpha value is -4.17. The van der Waals surface area contributed by atoms with E-state index in [9.17, 15) is 0 Å². The normalized spacial score (nSPS) is 11.0. The predicted octanol–water partition coefficient (Wildman–Crippen LogP) is 7.50. The Labute approximate surface area is 184 Å². The number of rotatable bonds is 7. The second-order valence-electron chi connectivity index (χ2n) is 6.94. The fourth-order valence-electron chi connectivity index (χ4n) is 3.32. The second kappa shape index (κ2) is 10.6. The maximum absolute atomic E-state index is 4.70. The molecule has 0 aliphatic heterocycles. The highest BCUT2D eigenvalue weighted by molar-refractivity contribution is 5.82. The Morgan fingerprint density at radius 3 is 1.39 bits per heavy atom. The first-order valence-corrected chi connectivity index (χ1v) is 10.3. The van der Waals surface area contributed by atoms with Crippen molar-refractivity contribution in [3.63, 3.8) is 0 Å². The molecular formula is C29H24N2. The highest BCUT2D eigenvalue weighted by Gasteiger charge is 2.06. The summed E-state index contributed by atoms with van der Waals surface area (Å²) in [7, 11) is 0. The Bertz CT molecular complexity index is 1070. The molecule has 31 heavy (non-hydrogen) atoms. The molecule has 0 aliphatic carbocycles. The number of hydrogen-bond acceptors (Lipinski definition) is 2. The Kier molecular flexibility index (Phi) is 6.85. The van der Waals surface area contributed by atoms with Gasteiger partial charge in [-0.15, -0.1) is 0 Å². The van der Waals surface area contributed by atoms with Gasteiger partial charge in [0.1, 0.15) is 0 Å². The van der Waals surface area contributed by atoms with Crippen molar-refractivity contribution in [3.8, 4) is 0 Å². The number of allylic oxidation sites excluding steroid dienone is 3. The zero-order valence-corrected chi connectivity index (χ0v) is 17.3. The summed E-state index contributed by atoms with van der Waals surface area (Å²) >= 11 is 0. The predicted molar refractivity (Wildman–Crippen MR) is 133 cm³/mol. The van der Waals surface area contributed by atoms with Crippen molar-refractivity contribution in [2.24, 2.45) is 5.10 Å². The van der Waals surface area contributed by atoms with E-state index in [-0.39, 0.29) is 0 Å². The van der Waals surface area contributed by atoms with Crippen molar-refractivity contribution < 1.29 is 0 Å².